The van der Waals surface area contributed by atoms with Crippen LogP contribution in [0.25, 0.3) is 0 Å². The number of alkyl halides is 3. The van der Waals surface area contributed by atoms with E-state index in [-0.39, 0.29) is 16.4 Å². The van der Waals surface area contributed by atoms with Gasteiger partial charge in [-0.1, -0.05) is 11.6 Å². The van der Waals surface area contributed by atoms with Gasteiger partial charge in [0.2, 0.25) is 0 Å². The Hall–Kier alpha value is -2.03. The highest BCUT2D eigenvalue weighted by atomic mass is 35.5. The minimum absolute atomic E-state index is 0.126. The minimum Gasteiger partial charge on any atom is -0.449 e. The fraction of sp³-hybridized carbons (Fsp3) is 0.364. The Bertz CT molecular complexity index is 551. The Balaban J connectivity index is 2.66. The molecule has 0 aliphatic carbocycles. The summed E-state index contributed by atoms with van der Waals surface area (Å²) < 4.78 is 40.5. The van der Waals surface area contributed by atoms with E-state index in [1.54, 1.807) is 5.32 Å². The molecule has 1 rings (SSSR count). The van der Waals surface area contributed by atoms with Crippen molar-refractivity contribution in [1.29, 1.82) is 0 Å². The summed E-state index contributed by atoms with van der Waals surface area (Å²) >= 11 is 5.61. The number of hydrogen-bond acceptors (Lipinski definition) is 5. The van der Waals surface area contributed by atoms with Gasteiger partial charge in [-0.05, 0) is 13.0 Å². The molecule has 10 heteroatoms. The highest BCUT2D eigenvalue weighted by Gasteiger charge is 2.29. The molecule has 1 amide bonds. The quantitative estimate of drug-likeness (QED) is 0.647. The number of nitrogens with zero attached hydrogens (tertiary/aromatic N) is 1. The summed E-state index contributed by atoms with van der Waals surface area (Å²) in [4.78, 5) is 26.7. The SMILES string of the molecule is C[C@H](OC(=O)c1ccnc(Cl)c1N)C(=O)NCC(F)(F)F. The fourth-order valence-electron chi connectivity index (χ4n) is 1.23. The molecule has 0 aromatic carbocycles. The van der Waals surface area contributed by atoms with Crippen LogP contribution in [0.15, 0.2) is 12.3 Å². The van der Waals surface area contributed by atoms with Gasteiger partial charge in [-0.2, -0.15) is 13.2 Å². The highest BCUT2D eigenvalue weighted by molar-refractivity contribution is 6.32. The number of nitrogens with two attached hydrogens (primary N) is 1. The predicted octanol–water partition coefficient (Wildman–Crippen LogP) is 1.54. The van der Waals surface area contributed by atoms with Crippen molar-refractivity contribution < 1.29 is 27.5 Å². The zero-order chi connectivity index (χ0) is 16.2. The number of hydrogen-bond donors (Lipinski definition) is 2. The lowest BCUT2D eigenvalue weighted by atomic mass is 10.2. The van der Waals surface area contributed by atoms with Crippen molar-refractivity contribution in [3.63, 3.8) is 0 Å². The first kappa shape index (κ1) is 17.0. The Kier molecular flexibility index (Phi) is 5.36. The number of halogens is 4. The molecular formula is C11H11ClF3N3O3. The number of ether oxygens (including phenoxy) is 1. The first-order valence-corrected chi connectivity index (χ1v) is 5.95. The number of rotatable bonds is 4. The molecule has 1 atom stereocenters. The zero-order valence-corrected chi connectivity index (χ0v) is 11.5. The normalized spacial score (nSPS) is 12.6. The van der Waals surface area contributed by atoms with Crippen LogP contribution in [-0.2, 0) is 9.53 Å². The Labute approximate surface area is 122 Å². The van der Waals surface area contributed by atoms with E-state index in [1.165, 1.54) is 12.3 Å². The van der Waals surface area contributed by atoms with Crippen LogP contribution in [0, 0.1) is 0 Å². The van der Waals surface area contributed by atoms with Gasteiger partial charge < -0.3 is 15.8 Å². The smallest absolute Gasteiger partial charge is 0.405 e. The van der Waals surface area contributed by atoms with Crippen LogP contribution in [0.3, 0.4) is 0 Å². The molecule has 0 saturated carbocycles. The third-order valence-corrected chi connectivity index (χ3v) is 2.58. The predicted molar refractivity (Wildman–Crippen MR) is 67.6 cm³/mol. The van der Waals surface area contributed by atoms with Gasteiger partial charge in [0, 0.05) is 6.20 Å². The lowest BCUT2D eigenvalue weighted by molar-refractivity contribution is -0.143. The third-order valence-electron chi connectivity index (χ3n) is 2.28. The van der Waals surface area contributed by atoms with Crippen molar-refractivity contribution in [1.82, 2.24) is 10.3 Å². The maximum absolute atomic E-state index is 11.9. The van der Waals surface area contributed by atoms with Crippen LogP contribution in [-0.4, -0.2) is 35.7 Å². The summed E-state index contributed by atoms with van der Waals surface area (Å²) in [6, 6.07) is 1.21. The number of pyridine rings is 1. The lowest BCUT2D eigenvalue weighted by Crippen LogP contribution is -2.40. The molecule has 0 unspecified atom stereocenters. The average molecular weight is 326 g/mol. The largest absolute Gasteiger partial charge is 0.449 e. The molecule has 1 heterocycles. The third kappa shape index (κ3) is 5.10. The summed E-state index contributed by atoms with van der Waals surface area (Å²) in [6.07, 6.45) is -4.78. The second-order valence-electron chi connectivity index (χ2n) is 3.94. The van der Waals surface area contributed by atoms with Gasteiger partial charge in [0.05, 0.1) is 11.3 Å². The van der Waals surface area contributed by atoms with Crippen molar-refractivity contribution >= 4 is 29.2 Å². The fourth-order valence-corrected chi connectivity index (χ4v) is 1.39. The Morgan fingerprint density at radius 2 is 2.14 bits per heavy atom. The number of anilines is 1. The Morgan fingerprint density at radius 3 is 2.71 bits per heavy atom. The standard InChI is InChI=1S/C11H11ClF3N3O3/c1-5(9(19)18-4-11(13,14)15)21-10(20)6-2-3-17-8(12)7(6)16/h2-3,5H,4,16H2,1H3,(H,18,19)/t5-/m0/s1. The van der Waals surface area contributed by atoms with Crippen molar-refractivity contribution in [3.8, 4) is 0 Å². The molecule has 0 radical (unpaired) electrons. The van der Waals surface area contributed by atoms with Gasteiger partial charge in [0.15, 0.2) is 11.3 Å². The van der Waals surface area contributed by atoms with E-state index in [4.69, 9.17) is 22.1 Å². The summed E-state index contributed by atoms with van der Waals surface area (Å²) in [5.41, 5.74) is 5.23. The van der Waals surface area contributed by atoms with Crippen LogP contribution in [0.1, 0.15) is 17.3 Å². The zero-order valence-electron chi connectivity index (χ0n) is 10.7. The van der Waals surface area contributed by atoms with Crippen LogP contribution in [0.2, 0.25) is 5.15 Å². The monoisotopic (exact) mass is 325 g/mol. The van der Waals surface area contributed by atoms with E-state index >= 15 is 0 Å². The minimum atomic E-state index is -4.55. The number of nitrogen functional groups attached to an aromatic ring is 1. The van der Waals surface area contributed by atoms with E-state index in [9.17, 15) is 22.8 Å². The lowest BCUT2D eigenvalue weighted by Gasteiger charge is -2.15. The van der Waals surface area contributed by atoms with Gasteiger partial charge in [0.25, 0.3) is 5.91 Å². The van der Waals surface area contributed by atoms with Gasteiger partial charge in [-0.25, -0.2) is 9.78 Å². The summed E-state index contributed by atoms with van der Waals surface area (Å²) in [5.74, 6) is -2.08. The molecular weight excluding hydrogens is 315 g/mol. The molecule has 3 N–H and O–H groups in total. The number of nitrogens with one attached hydrogen (secondary N) is 1. The van der Waals surface area contributed by atoms with E-state index in [0.29, 0.717) is 0 Å². The molecule has 0 spiro atoms. The van der Waals surface area contributed by atoms with Gasteiger partial charge in [0.1, 0.15) is 6.54 Å². The summed E-state index contributed by atoms with van der Waals surface area (Å²) in [6.45, 7) is -0.389. The molecule has 116 valence electrons. The number of aromatic nitrogens is 1. The molecule has 0 saturated heterocycles. The maximum Gasteiger partial charge on any atom is 0.405 e. The Morgan fingerprint density at radius 1 is 1.52 bits per heavy atom. The summed E-state index contributed by atoms with van der Waals surface area (Å²) in [7, 11) is 0. The van der Waals surface area contributed by atoms with Crippen LogP contribution < -0.4 is 11.1 Å². The summed E-state index contributed by atoms with van der Waals surface area (Å²) in [5, 5.41) is 1.47. The van der Waals surface area contributed by atoms with Gasteiger partial charge in [-0.15, -0.1) is 0 Å². The van der Waals surface area contributed by atoms with Crippen molar-refractivity contribution in [3.05, 3.63) is 23.0 Å². The van der Waals surface area contributed by atoms with Gasteiger partial charge >= 0.3 is 12.1 Å². The molecule has 0 aliphatic heterocycles. The number of amides is 1. The first-order chi connectivity index (χ1) is 9.61. The second-order valence-corrected chi connectivity index (χ2v) is 4.30. The molecule has 21 heavy (non-hydrogen) atoms. The average Bonchev–Trinajstić information content (AvgIpc) is 2.38. The molecule has 0 aliphatic rings. The highest BCUT2D eigenvalue weighted by Crippen LogP contribution is 2.20. The van der Waals surface area contributed by atoms with Crippen LogP contribution in [0.5, 0.6) is 0 Å². The molecule has 1 aromatic rings. The topological polar surface area (TPSA) is 94.3 Å². The second kappa shape index (κ2) is 6.61. The molecule has 6 nitrogen and oxygen atoms in total. The molecule has 0 fully saturated rings. The van der Waals surface area contributed by atoms with Crippen LogP contribution >= 0.6 is 11.6 Å². The van der Waals surface area contributed by atoms with Gasteiger partial charge in [-0.3, -0.25) is 4.79 Å². The first-order valence-electron chi connectivity index (χ1n) is 5.57. The number of carbonyl (C=O) groups excluding carboxylic acids is 2. The van der Waals surface area contributed by atoms with Crippen molar-refractivity contribution in [2.45, 2.75) is 19.2 Å². The van der Waals surface area contributed by atoms with E-state index < -0.39 is 30.7 Å². The van der Waals surface area contributed by atoms with Crippen molar-refractivity contribution in [2.75, 3.05) is 12.3 Å². The number of esters is 1. The van der Waals surface area contributed by atoms with Crippen molar-refractivity contribution in [2.24, 2.45) is 0 Å². The van der Waals surface area contributed by atoms with E-state index in [1.807, 2.05) is 0 Å². The van der Waals surface area contributed by atoms with E-state index in [0.717, 1.165) is 6.92 Å². The van der Waals surface area contributed by atoms with Crippen LogP contribution in [0.4, 0.5) is 18.9 Å². The molecule has 0 bridgehead atoms. The maximum atomic E-state index is 11.9. The van der Waals surface area contributed by atoms with E-state index in [2.05, 4.69) is 4.98 Å². The molecule has 1 aromatic heterocycles. The number of carbonyl (C=O) groups is 2.